The second-order valence-corrected chi connectivity index (χ2v) is 7.13. The number of rotatable bonds is 4. The van der Waals surface area contributed by atoms with Crippen LogP contribution in [0.1, 0.15) is 17.1 Å². The van der Waals surface area contributed by atoms with E-state index in [1.165, 1.54) is 5.56 Å². The highest BCUT2D eigenvalue weighted by atomic mass is 16.6. The van der Waals surface area contributed by atoms with Gasteiger partial charge in [-0.05, 0) is 12.5 Å². The van der Waals surface area contributed by atoms with Crippen molar-refractivity contribution in [1.29, 1.82) is 0 Å². The van der Waals surface area contributed by atoms with Gasteiger partial charge in [-0.1, -0.05) is 30.3 Å². The van der Waals surface area contributed by atoms with Gasteiger partial charge in [-0.25, -0.2) is 9.78 Å². The number of nitrogens with zero attached hydrogens (tertiary/aromatic N) is 3. The van der Waals surface area contributed by atoms with Gasteiger partial charge in [0.1, 0.15) is 12.4 Å². The molecule has 1 aromatic heterocycles. The first kappa shape index (κ1) is 16.8. The van der Waals surface area contributed by atoms with Crippen LogP contribution in [-0.4, -0.2) is 57.6 Å². The number of aromatic nitrogens is 2. The zero-order valence-corrected chi connectivity index (χ0v) is 14.8. The molecule has 2 aromatic rings. The Balaban J connectivity index is 1.57. The molecule has 2 aliphatic rings. The third-order valence-electron chi connectivity index (χ3n) is 5.09. The molecule has 26 heavy (non-hydrogen) atoms. The Morgan fingerprint density at radius 3 is 2.81 bits per heavy atom. The van der Waals surface area contributed by atoms with Crippen LogP contribution in [0.2, 0.25) is 0 Å². The molecular formula is C19H22N4O3. The number of piperazine rings is 1. The third-order valence-corrected chi connectivity index (χ3v) is 5.09. The molecule has 1 aromatic carbocycles. The maximum Gasteiger partial charge on any atom is 0.410 e. The molecule has 3 heterocycles. The van der Waals surface area contributed by atoms with Crippen LogP contribution in [0.4, 0.5) is 4.79 Å². The number of aromatic amines is 1. The molecule has 0 aliphatic carbocycles. The molecule has 1 N–H and O–H groups in total. The first-order valence-electron chi connectivity index (χ1n) is 8.82. The normalized spacial score (nSPS) is 23.0. The van der Waals surface area contributed by atoms with Crippen molar-refractivity contribution >= 4 is 6.09 Å². The number of fused-ring (bicyclic) bond motifs is 1. The van der Waals surface area contributed by atoms with Gasteiger partial charge in [-0.15, -0.1) is 0 Å². The minimum Gasteiger partial charge on any atom is -0.447 e. The van der Waals surface area contributed by atoms with Crippen molar-refractivity contribution in [2.45, 2.75) is 25.4 Å². The maximum absolute atomic E-state index is 12.2. The average Bonchev–Trinajstić information content (AvgIpc) is 2.91. The predicted octanol–water partition coefficient (Wildman–Crippen LogP) is 1.33. The van der Waals surface area contributed by atoms with E-state index >= 15 is 0 Å². The van der Waals surface area contributed by atoms with E-state index < -0.39 is 0 Å². The van der Waals surface area contributed by atoms with Crippen LogP contribution in [0.3, 0.4) is 0 Å². The molecule has 1 amide bonds. The lowest BCUT2D eigenvalue weighted by atomic mass is 9.88. The number of amides is 1. The van der Waals surface area contributed by atoms with E-state index in [0.717, 1.165) is 18.7 Å². The smallest absolute Gasteiger partial charge is 0.410 e. The summed E-state index contributed by atoms with van der Waals surface area (Å²) in [6, 6.07) is 11.7. The molecule has 1 unspecified atom stereocenters. The summed E-state index contributed by atoms with van der Waals surface area (Å²) >= 11 is 0. The summed E-state index contributed by atoms with van der Waals surface area (Å²) in [6.07, 6.45) is 0.517. The van der Waals surface area contributed by atoms with Gasteiger partial charge < -0.3 is 9.72 Å². The highest BCUT2D eigenvalue weighted by Gasteiger charge is 2.50. The van der Waals surface area contributed by atoms with Crippen LogP contribution in [0.25, 0.3) is 0 Å². The first-order valence-corrected chi connectivity index (χ1v) is 8.82. The first-order chi connectivity index (χ1) is 12.5. The lowest BCUT2D eigenvalue weighted by Crippen LogP contribution is -2.62. The van der Waals surface area contributed by atoms with Crippen LogP contribution in [0.15, 0.2) is 41.2 Å². The summed E-state index contributed by atoms with van der Waals surface area (Å²) in [4.78, 5) is 35.1. The summed E-state index contributed by atoms with van der Waals surface area (Å²) < 4.78 is 5.40. The monoisotopic (exact) mass is 354 g/mol. The quantitative estimate of drug-likeness (QED) is 0.896. The number of benzene rings is 1. The van der Waals surface area contributed by atoms with Crippen molar-refractivity contribution in [2.75, 3.05) is 26.2 Å². The van der Waals surface area contributed by atoms with E-state index in [2.05, 4.69) is 27.0 Å². The second kappa shape index (κ2) is 6.57. The largest absolute Gasteiger partial charge is 0.447 e. The molecule has 0 bridgehead atoms. The lowest BCUT2D eigenvalue weighted by molar-refractivity contribution is 0.0470. The van der Waals surface area contributed by atoms with E-state index in [1.807, 2.05) is 23.1 Å². The fraction of sp³-hybridized carbons (Fsp3) is 0.421. The zero-order valence-electron chi connectivity index (χ0n) is 14.8. The molecule has 0 saturated carbocycles. The molecule has 1 atom stereocenters. The van der Waals surface area contributed by atoms with E-state index in [-0.39, 0.29) is 17.2 Å². The zero-order chi connectivity index (χ0) is 18.1. The van der Waals surface area contributed by atoms with Crippen LogP contribution >= 0.6 is 0 Å². The number of H-pyrrole nitrogens is 1. The van der Waals surface area contributed by atoms with Gasteiger partial charge in [-0.2, -0.15) is 0 Å². The van der Waals surface area contributed by atoms with Crippen molar-refractivity contribution in [1.82, 2.24) is 19.8 Å². The molecular weight excluding hydrogens is 332 g/mol. The van der Waals surface area contributed by atoms with Crippen LogP contribution in [-0.2, 0) is 17.7 Å². The Morgan fingerprint density at radius 1 is 1.23 bits per heavy atom. The summed E-state index contributed by atoms with van der Waals surface area (Å²) in [6.45, 7) is 4.81. The van der Waals surface area contributed by atoms with Crippen molar-refractivity contribution < 1.29 is 9.53 Å². The highest BCUT2D eigenvalue weighted by Crippen LogP contribution is 2.32. The number of ether oxygens (including phenoxy) is 1. The predicted molar refractivity (Wildman–Crippen MR) is 95.8 cm³/mol. The van der Waals surface area contributed by atoms with Gasteiger partial charge in [0, 0.05) is 38.7 Å². The molecule has 0 radical (unpaired) electrons. The molecule has 7 heteroatoms. The molecule has 4 rings (SSSR count). The van der Waals surface area contributed by atoms with E-state index in [4.69, 9.17) is 4.74 Å². The minimum atomic E-state index is -0.368. The Hall–Kier alpha value is -2.67. The van der Waals surface area contributed by atoms with Gasteiger partial charge in [0.05, 0.1) is 11.2 Å². The molecule has 2 aliphatic heterocycles. The van der Waals surface area contributed by atoms with E-state index in [1.54, 1.807) is 13.0 Å². The van der Waals surface area contributed by atoms with Crippen molar-refractivity contribution in [3.05, 3.63) is 63.8 Å². The highest BCUT2D eigenvalue weighted by molar-refractivity contribution is 5.71. The van der Waals surface area contributed by atoms with Gasteiger partial charge in [-0.3, -0.25) is 14.6 Å². The summed E-state index contributed by atoms with van der Waals surface area (Å²) in [5.74, 6) is 0.615. The van der Waals surface area contributed by atoms with E-state index in [9.17, 15) is 9.59 Å². The van der Waals surface area contributed by atoms with E-state index in [0.29, 0.717) is 32.1 Å². The van der Waals surface area contributed by atoms with Crippen molar-refractivity contribution in [3.8, 4) is 0 Å². The number of nitrogens with one attached hydrogen (secondary N) is 1. The Labute approximate surface area is 151 Å². The number of cyclic esters (lactones) is 1. The molecule has 7 nitrogen and oxygen atoms in total. The summed E-state index contributed by atoms with van der Waals surface area (Å²) in [7, 11) is 0. The topological polar surface area (TPSA) is 78.5 Å². The number of carbonyl (C=O) groups is 1. The van der Waals surface area contributed by atoms with Crippen LogP contribution in [0, 0.1) is 6.92 Å². The van der Waals surface area contributed by atoms with Gasteiger partial charge in [0.15, 0.2) is 0 Å². The number of aryl methyl sites for hydroxylation is 1. The summed E-state index contributed by atoms with van der Waals surface area (Å²) in [5.41, 5.74) is 1.43. The summed E-state index contributed by atoms with van der Waals surface area (Å²) in [5, 5.41) is 0. The SMILES string of the molecule is Cc1nc(CN2CCN3C(=O)OCC3(Cc3ccccc3)C2)cc(=O)[nH]1. The Bertz CT molecular complexity index is 867. The number of hydrogen-bond acceptors (Lipinski definition) is 5. The fourth-order valence-corrected chi connectivity index (χ4v) is 4.01. The Morgan fingerprint density at radius 2 is 2.04 bits per heavy atom. The molecule has 0 spiro atoms. The molecule has 2 fully saturated rings. The second-order valence-electron chi connectivity index (χ2n) is 7.13. The number of carbonyl (C=O) groups excluding carboxylic acids is 1. The third kappa shape index (κ3) is 3.22. The van der Waals surface area contributed by atoms with Crippen LogP contribution < -0.4 is 5.56 Å². The van der Waals surface area contributed by atoms with Gasteiger partial charge in [0.25, 0.3) is 5.56 Å². The molecule has 136 valence electrons. The van der Waals surface area contributed by atoms with Gasteiger partial charge >= 0.3 is 6.09 Å². The minimum absolute atomic E-state index is 0.135. The van der Waals surface area contributed by atoms with Crippen molar-refractivity contribution in [3.63, 3.8) is 0 Å². The Kier molecular flexibility index (Phi) is 4.24. The average molecular weight is 354 g/mol. The maximum atomic E-state index is 12.2. The molecule has 2 saturated heterocycles. The fourth-order valence-electron chi connectivity index (χ4n) is 4.01. The van der Waals surface area contributed by atoms with Crippen molar-refractivity contribution in [2.24, 2.45) is 0 Å². The van der Waals surface area contributed by atoms with Gasteiger partial charge in [0.2, 0.25) is 0 Å². The number of hydrogen-bond donors (Lipinski definition) is 1. The van der Waals surface area contributed by atoms with Crippen LogP contribution in [0.5, 0.6) is 0 Å². The lowest BCUT2D eigenvalue weighted by Gasteiger charge is -2.44. The standard InChI is InChI=1S/C19H22N4O3/c1-14-20-16(9-17(24)21-14)11-22-7-8-23-18(25)26-13-19(23,12-22)10-15-5-3-2-4-6-15/h2-6,9H,7-8,10-13H2,1H3,(H,20,21,24).